The van der Waals surface area contributed by atoms with Crippen LogP contribution >= 0.6 is 22.7 Å². The molecule has 0 radical (unpaired) electrons. The van der Waals surface area contributed by atoms with Gasteiger partial charge in [0.15, 0.2) is 17.5 Å². The van der Waals surface area contributed by atoms with E-state index in [1.54, 1.807) is 0 Å². The first-order chi connectivity index (χ1) is 64.2. The van der Waals surface area contributed by atoms with Gasteiger partial charge in [-0.2, -0.15) is 9.97 Å². The van der Waals surface area contributed by atoms with Gasteiger partial charge in [0.2, 0.25) is 5.95 Å². The van der Waals surface area contributed by atoms with Gasteiger partial charge in [0.25, 0.3) is 0 Å². The fraction of sp³-hybridized carbons (Fsp3) is 0.0252. The highest BCUT2D eigenvalue weighted by Crippen LogP contribution is 2.53. The highest BCUT2D eigenvalue weighted by atomic mass is 32.1. The average Bonchev–Trinajstić information content (AvgIpc) is 1.49. The summed E-state index contributed by atoms with van der Waals surface area (Å²) in [6.07, 6.45) is 2.00. The smallest absolute Gasteiger partial charge is 0.238 e. The number of para-hydroxylation sites is 5. The first-order valence-electron chi connectivity index (χ1n) is 44.4. The molecule has 9 nitrogen and oxygen atoms in total. The Morgan fingerprint density at radius 2 is 0.662 bits per heavy atom. The van der Waals surface area contributed by atoms with E-state index in [-0.39, 0.29) is 5.41 Å². The molecular weight excluding hydrogens is 1620 g/mol. The fourth-order valence-corrected chi connectivity index (χ4v) is 24.3. The second-order valence-electron chi connectivity index (χ2n) is 35.1. The number of hydrogen-bond donors (Lipinski definition) is 0. The van der Waals surface area contributed by atoms with E-state index in [1.807, 2.05) is 47.1 Å². The Morgan fingerprint density at radius 3 is 1.38 bits per heavy atom. The molecule has 0 saturated heterocycles. The van der Waals surface area contributed by atoms with Crippen molar-refractivity contribution < 1.29 is 0 Å². The Hall–Kier alpha value is -16.4. The molecule has 18 aromatic carbocycles. The SMILES string of the molecule is CC1(C)c2ccccc2-c2cc3c4ccccc4n(-c4nc(-c5ccccc5)nc(-c5ccc(-c6ccc7c(c6)c6ccccc6n7-c6nccc7c6sc6ccc(-n8c9ccccc9c9c(-c%10cccc%11c%10c%10ccccc%10n%11-c%10ccc%11c(c%10)c%10ccccc%10n%11-c%10cccc(-c%11cccc(-c%12cccc%13c%12sc%12ccccc%12%13)c%11)c%10)cccc98)cc67)cc5)n4)c3cc21. The first-order valence-corrected chi connectivity index (χ1v) is 46.0. The molecule has 1 aliphatic rings. The van der Waals surface area contributed by atoms with E-state index in [0.29, 0.717) is 17.6 Å². The Labute approximate surface area is 753 Å². The molecule has 27 aromatic rings. The molecule has 0 saturated carbocycles. The van der Waals surface area contributed by atoms with Crippen LogP contribution in [0.5, 0.6) is 0 Å². The number of hydrogen-bond acceptors (Lipinski definition) is 6. The van der Waals surface area contributed by atoms with Crippen LogP contribution in [-0.2, 0) is 5.41 Å². The van der Waals surface area contributed by atoms with E-state index in [9.17, 15) is 0 Å². The molecule has 0 fully saturated rings. The lowest BCUT2D eigenvalue weighted by Gasteiger charge is -2.21. The van der Waals surface area contributed by atoms with Crippen molar-refractivity contribution in [2.45, 2.75) is 19.3 Å². The quantitative estimate of drug-likeness (QED) is 0.129. The predicted octanol–water partition coefficient (Wildman–Crippen LogP) is 31.8. The summed E-state index contributed by atoms with van der Waals surface area (Å²) in [6.45, 7) is 4.68. The molecular formula is C119H73N9S2. The second kappa shape index (κ2) is 27.8. The summed E-state index contributed by atoms with van der Waals surface area (Å²) in [7, 11) is 0. The molecule has 28 rings (SSSR count). The van der Waals surface area contributed by atoms with Gasteiger partial charge in [0, 0.05) is 129 Å². The number of benzene rings is 18. The van der Waals surface area contributed by atoms with Crippen LogP contribution in [0.15, 0.2) is 407 Å². The van der Waals surface area contributed by atoms with Gasteiger partial charge in [-0.1, -0.05) is 281 Å². The largest absolute Gasteiger partial charge is 0.309 e. The van der Waals surface area contributed by atoms with Crippen molar-refractivity contribution in [2.24, 2.45) is 0 Å². The molecule has 1 aliphatic carbocycles. The molecule has 0 amide bonds. The van der Waals surface area contributed by atoms with Gasteiger partial charge in [0.05, 0.1) is 59.9 Å². The third-order valence-electron chi connectivity index (χ3n) is 27.8. The maximum Gasteiger partial charge on any atom is 0.238 e. The molecule has 9 aromatic heterocycles. The summed E-state index contributed by atoms with van der Waals surface area (Å²) < 4.78 is 17.0. The standard InChI is InChI=1S/C119H73N9S2/c1-119(2)97-42-13-6-31-81(97)92-68-95-84-34-9-16-45-101(84)128(108(95)69-98(92)119)118-122-115(71-25-4-3-5-26-71)121-116(123-118)72-53-51-70(52-54-72)75-55-58-105-93(65-75)82-32-8-15-44-100(82)127(105)117-114-89(61-62-120-117)96-67-79(57-60-110(96)130-114)126-103-47-18-11-37-91(103)112-87(40-24-49-107(112)126)86-39-23-48-106-111(86)90-36-10-17-46-102(90)125(106)78-56-59-104-94(66-78)83-33-7-14-43-99(83)124(104)77-30-21-28-74(64-77)73-27-20-29-76(63-73)80-38-22-41-88-85-35-12-19-50-109(85)129-113(80)88/h3-69H,1-2H3. The van der Waals surface area contributed by atoms with Gasteiger partial charge < -0.3 is 13.7 Å². The number of thiophene rings is 2. The van der Waals surface area contributed by atoms with Crippen molar-refractivity contribution in [3.05, 3.63) is 418 Å². The van der Waals surface area contributed by atoms with E-state index >= 15 is 0 Å². The minimum atomic E-state index is -0.192. The van der Waals surface area contributed by atoms with Crippen LogP contribution in [0.2, 0.25) is 0 Å². The summed E-state index contributed by atoms with van der Waals surface area (Å²) in [4.78, 5) is 21.3. The highest BCUT2D eigenvalue weighted by molar-refractivity contribution is 7.26. The zero-order chi connectivity index (χ0) is 85.3. The Balaban J connectivity index is 0.516. The summed E-state index contributed by atoms with van der Waals surface area (Å²) in [5, 5.41) is 16.9. The zero-order valence-corrected chi connectivity index (χ0v) is 72.2. The summed E-state index contributed by atoms with van der Waals surface area (Å²) in [6, 6.07) is 148. The normalized spacial score (nSPS) is 12.8. The maximum atomic E-state index is 5.42. The van der Waals surface area contributed by atoms with Crippen LogP contribution in [0, 0.1) is 0 Å². The van der Waals surface area contributed by atoms with Crippen molar-refractivity contribution >= 4 is 172 Å². The van der Waals surface area contributed by atoms with E-state index in [4.69, 9.17) is 19.9 Å². The predicted molar refractivity (Wildman–Crippen MR) is 545 cm³/mol. The van der Waals surface area contributed by atoms with Crippen LogP contribution in [-0.4, -0.2) is 42.8 Å². The molecule has 0 atom stereocenters. The molecule has 0 spiro atoms. The molecule has 9 heterocycles. The van der Waals surface area contributed by atoms with Crippen LogP contribution in [0.25, 0.3) is 257 Å². The molecule has 606 valence electrons. The van der Waals surface area contributed by atoms with Gasteiger partial charge in [-0.15, -0.1) is 22.7 Å². The Kier molecular flexibility index (Phi) is 15.6. The van der Waals surface area contributed by atoms with E-state index < -0.39 is 0 Å². The average molecular weight is 1690 g/mol. The summed E-state index contributed by atoms with van der Waals surface area (Å²) >= 11 is 3.69. The van der Waals surface area contributed by atoms with E-state index in [0.717, 1.165) is 116 Å². The minimum Gasteiger partial charge on any atom is -0.309 e. The van der Waals surface area contributed by atoms with Gasteiger partial charge in [-0.25, -0.2) is 9.97 Å². The van der Waals surface area contributed by atoms with E-state index in [2.05, 4.69) is 419 Å². The van der Waals surface area contributed by atoms with Crippen molar-refractivity contribution in [3.8, 4) is 107 Å². The zero-order valence-electron chi connectivity index (χ0n) is 70.5. The molecule has 0 aliphatic heterocycles. The fourth-order valence-electron chi connectivity index (χ4n) is 21.9. The lowest BCUT2D eigenvalue weighted by molar-refractivity contribution is 0.661. The number of aromatic nitrogens is 9. The van der Waals surface area contributed by atoms with Gasteiger partial charge >= 0.3 is 0 Å². The monoisotopic (exact) mass is 1690 g/mol. The molecule has 0 N–H and O–H groups in total. The van der Waals surface area contributed by atoms with Crippen LogP contribution in [0.3, 0.4) is 0 Å². The molecule has 130 heavy (non-hydrogen) atoms. The number of fused-ring (bicyclic) bond motifs is 24. The number of pyridine rings is 1. The second-order valence-corrected chi connectivity index (χ2v) is 37.2. The van der Waals surface area contributed by atoms with Crippen LogP contribution < -0.4 is 0 Å². The summed E-state index contributed by atoms with van der Waals surface area (Å²) in [5.41, 5.74) is 30.8. The topological polar surface area (TPSA) is 76.2 Å². The van der Waals surface area contributed by atoms with Crippen molar-refractivity contribution in [3.63, 3.8) is 0 Å². The first kappa shape index (κ1) is 72.8. The lowest BCUT2D eigenvalue weighted by Crippen LogP contribution is -2.15. The highest BCUT2D eigenvalue weighted by Gasteiger charge is 2.37. The molecule has 0 unspecified atom stereocenters. The van der Waals surface area contributed by atoms with E-state index in [1.165, 1.54) is 134 Å². The van der Waals surface area contributed by atoms with Gasteiger partial charge in [0.1, 0.15) is 0 Å². The van der Waals surface area contributed by atoms with Crippen molar-refractivity contribution in [1.82, 2.24) is 42.8 Å². The Bertz CT molecular complexity index is 9560. The molecule has 0 bridgehead atoms. The third-order valence-corrected chi connectivity index (χ3v) is 30.2. The van der Waals surface area contributed by atoms with Gasteiger partial charge in [-0.05, 0) is 200 Å². The number of nitrogens with zero attached hydrogens (tertiary/aromatic N) is 9. The maximum absolute atomic E-state index is 5.42. The van der Waals surface area contributed by atoms with Crippen molar-refractivity contribution in [2.75, 3.05) is 0 Å². The summed E-state index contributed by atoms with van der Waals surface area (Å²) in [5.74, 6) is 2.69. The van der Waals surface area contributed by atoms with Crippen LogP contribution in [0.4, 0.5) is 0 Å². The third kappa shape index (κ3) is 10.7. The van der Waals surface area contributed by atoms with Crippen LogP contribution in [0.1, 0.15) is 25.0 Å². The Morgan fingerprint density at radius 1 is 0.223 bits per heavy atom. The number of rotatable bonds is 11. The van der Waals surface area contributed by atoms with Crippen molar-refractivity contribution in [1.29, 1.82) is 0 Å². The molecule has 11 heteroatoms. The lowest BCUT2D eigenvalue weighted by atomic mass is 9.82. The minimum absolute atomic E-state index is 0.192. The van der Waals surface area contributed by atoms with Gasteiger partial charge in [-0.3, -0.25) is 9.13 Å².